The molecule has 1 atom stereocenters. The molecule has 2 aromatic rings. The lowest BCUT2D eigenvalue weighted by Gasteiger charge is -2.17. The minimum absolute atomic E-state index is 0.108. The zero-order valence-corrected chi connectivity index (χ0v) is 11.9. The van der Waals surface area contributed by atoms with Crippen LogP contribution in [0.1, 0.15) is 29.5 Å². The van der Waals surface area contributed by atoms with Gasteiger partial charge in [-0.05, 0) is 37.6 Å². The summed E-state index contributed by atoms with van der Waals surface area (Å²) in [5.74, 6) is -0.112. The van der Waals surface area contributed by atoms with Crippen molar-refractivity contribution in [2.45, 2.75) is 25.8 Å². The average Bonchev–Trinajstić information content (AvgIpc) is 2.89. The van der Waals surface area contributed by atoms with Crippen LogP contribution in [0.3, 0.4) is 0 Å². The Morgan fingerprint density at radius 2 is 2.20 bits per heavy atom. The Morgan fingerprint density at radius 3 is 2.85 bits per heavy atom. The molecule has 20 heavy (non-hydrogen) atoms. The fourth-order valence-corrected chi connectivity index (χ4v) is 2.27. The van der Waals surface area contributed by atoms with Crippen LogP contribution in [0, 0.1) is 0 Å². The predicted molar refractivity (Wildman–Crippen MR) is 78.5 cm³/mol. The molecule has 0 aliphatic heterocycles. The van der Waals surface area contributed by atoms with Crippen molar-refractivity contribution in [1.29, 1.82) is 0 Å². The zero-order chi connectivity index (χ0) is 14.5. The van der Waals surface area contributed by atoms with Gasteiger partial charge in [-0.15, -0.1) is 0 Å². The Kier molecular flexibility index (Phi) is 4.69. The first-order valence-electron chi connectivity index (χ1n) is 6.38. The molecule has 2 rings (SSSR count). The van der Waals surface area contributed by atoms with E-state index in [4.69, 9.17) is 16.0 Å². The molecule has 1 aromatic carbocycles. The normalized spacial score (nSPS) is 12.1. The van der Waals surface area contributed by atoms with Crippen molar-refractivity contribution in [1.82, 2.24) is 0 Å². The maximum atomic E-state index is 11.2. The van der Waals surface area contributed by atoms with Crippen LogP contribution in [-0.2, 0) is 6.42 Å². The van der Waals surface area contributed by atoms with Crippen LogP contribution in [0.4, 0.5) is 5.69 Å². The lowest BCUT2D eigenvalue weighted by Crippen LogP contribution is -2.18. The molecule has 1 heterocycles. The van der Waals surface area contributed by atoms with Crippen molar-refractivity contribution < 1.29 is 14.3 Å². The van der Waals surface area contributed by atoms with Crippen molar-refractivity contribution >= 4 is 23.3 Å². The van der Waals surface area contributed by atoms with E-state index in [0.717, 1.165) is 18.6 Å². The number of hydrogen-bond donors (Lipinski definition) is 2. The summed E-state index contributed by atoms with van der Waals surface area (Å²) in [5, 5.41) is 12.6. The number of aryl methyl sites for hydroxylation is 1. The fraction of sp³-hybridized carbons (Fsp3) is 0.267. The number of anilines is 1. The zero-order valence-electron chi connectivity index (χ0n) is 11.1. The number of hydrogen-bond acceptors (Lipinski definition) is 3. The highest BCUT2D eigenvalue weighted by atomic mass is 35.5. The largest absolute Gasteiger partial charge is 0.478 e. The first kappa shape index (κ1) is 14.5. The summed E-state index contributed by atoms with van der Waals surface area (Å²) in [6.07, 6.45) is 3.27. The molecule has 4 nitrogen and oxygen atoms in total. The summed E-state index contributed by atoms with van der Waals surface area (Å²) in [6, 6.07) is 8.91. The van der Waals surface area contributed by atoms with Crippen LogP contribution < -0.4 is 5.32 Å². The molecule has 0 radical (unpaired) electrons. The molecule has 5 heteroatoms. The lowest BCUT2D eigenvalue weighted by atomic mass is 10.1. The lowest BCUT2D eigenvalue weighted by molar-refractivity contribution is 0.0698. The standard InChI is InChI=1S/C15H16ClNO3/c1-10(7-8-11-4-3-9-20-11)17-13-6-2-5-12(16)14(13)15(18)19/h2-6,9-10,17H,7-8H2,1H3,(H,18,19). The number of carboxylic acids is 1. The Hall–Kier alpha value is -1.94. The monoisotopic (exact) mass is 293 g/mol. The molecule has 0 fully saturated rings. The van der Waals surface area contributed by atoms with Gasteiger partial charge in [0.1, 0.15) is 11.3 Å². The SMILES string of the molecule is CC(CCc1ccco1)Nc1cccc(Cl)c1C(=O)O. The smallest absolute Gasteiger partial charge is 0.339 e. The van der Waals surface area contributed by atoms with Crippen LogP contribution >= 0.6 is 11.6 Å². The summed E-state index contributed by atoms with van der Waals surface area (Å²) >= 11 is 5.93. The van der Waals surface area contributed by atoms with Gasteiger partial charge in [-0.3, -0.25) is 0 Å². The fourth-order valence-electron chi connectivity index (χ4n) is 2.01. The number of furan rings is 1. The van der Waals surface area contributed by atoms with Crippen molar-refractivity contribution in [3.05, 3.63) is 52.9 Å². The number of carboxylic acid groups (broad SMARTS) is 1. The quantitative estimate of drug-likeness (QED) is 0.843. The first-order valence-corrected chi connectivity index (χ1v) is 6.76. The number of carbonyl (C=O) groups is 1. The van der Waals surface area contributed by atoms with Gasteiger partial charge < -0.3 is 14.8 Å². The van der Waals surface area contributed by atoms with E-state index in [1.165, 1.54) is 0 Å². The molecule has 0 spiro atoms. The van der Waals surface area contributed by atoms with E-state index in [1.54, 1.807) is 24.5 Å². The highest BCUT2D eigenvalue weighted by Gasteiger charge is 2.15. The second-order valence-electron chi connectivity index (χ2n) is 4.63. The number of halogens is 1. The van der Waals surface area contributed by atoms with Gasteiger partial charge >= 0.3 is 5.97 Å². The Bertz CT molecular complexity index is 581. The van der Waals surface area contributed by atoms with E-state index in [0.29, 0.717) is 5.69 Å². The van der Waals surface area contributed by atoms with Gasteiger partial charge in [-0.25, -0.2) is 4.79 Å². The van der Waals surface area contributed by atoms with E-state index in [9.17, 15) is 9.90 Å². The van der Waals surface area contributed by atoms with E-state index in [1.807, 2.05) is 19.1 Å². The van der Waals surface area contributed by atoms with Crippen LogP contribution in [0.25, 0.3) is 0 Å². The van der Waals surface area contributed by atoms with Crippen LogP contribution in [0.2, 0.25) is 5.02 Å². The van der Waals surface area contributed by atoms with Gasteiger partial charge in [-0.2, -0.15) is 0 Å². The topological polar surface area (TPSA) is 62.5 Å². The molecule has 1 aromatic heterocycles. The van der Waals surface area contributed by atoms with E-state index in [-0.39, 0.29) is 16.6 Å². The van der Waals surface area contributed by atoms with Crippen LogP contribution in [-0.4, -0.2) is 17.1 Å². The van der Waals surface area contributed by atoms with E-state index in [2.05, 4.69) is 5.32 Å². The third kappa shape index (κ3) is 3.54. The molecule has 2 N–H and O–H groups in total. The molecule has 0 bridgehead atoms. The first-order chi connectivity index (χ1) is 9.58. The molecule has 0 saturated heterocycles. The maximum Gasteiger partial charge on any atom is 0.339 e. The van der Waals surface area contributed by atoms with Gasteiger partial charge in [0.15, 0.2) is 0 Å². The highest BCUT2D eigenvalue weighted by molar-refractivity contribution is 6.34. The Morgan fingerprint density at radius 1 is 1.40 bits per heavy atom. The second-order valence-corrected chi connectivity index (χ2v) is 5.04. The molecule has 0 aliphatic carbocycles. The van der Waals surface area contributed by atoms with Gasteiger partial charge in [0, 0.05) is 12.5 Å². The number of rotatable bonds is 6. The summed E-state index contributed by atoms with van der Waals surface area (Å²) in [4.78, 5) is 11.2. The van der Waals surface area contributed by atoms with Crippen LogP contribution in [0.15, 0.2) is 41.0 Å². The Balaban J connectivity index is 2.02. The summed E-state index contributed by atoms with van der Waals surface area (Å²) in [5.41, 5.74) is 0.649. The molecular formula is C15H16ClNO3. The summed E-state index contributed by atoms with van der Waals surface area (Å²) in [6.45, 7) is 2.00. The molecule has 0 amide bonds. The predicted octanol–water partition coefficient (Wildman–Crippen LogP) is 4.06. The number of aromatic carboxylic acids is 1. The average molecular weight is 294 g/mol. The second kappa shape index (κ2) is 6.48. The van der Waals surface area contributed by atoms with Crippen molar-refractivity contribution in [2.75, 3.05) is 5.32 Å². The van der Waals surface area contributed by atoms with Gasteiger partial charge in [0.05, 0.1) is 17.0 Å². The van der Waals surface area contributed by atoms with Gasteiger partial charge in [-0.1, -0.05) is 17.7 Å². The van der Waals surface area contributed by atoms with Crippen molar-refractivity contribution in [2.24, 2.45) is 0 Å². The minimum atomic E-state index is -1.03. The Labute approximate surface area is 122 Å². The van der Waals surface area contributed by atoms with Crippen molar-refractivity contribution in [3.63, 3.8) is 0 Å². The third-order valence-corrected chi connectivity index (χ3v) is 3.35. The summed E-state index contributed by atoms with van der Waals surface area (Å²) in [7, 11) is 0. The highest BCUT2D eigenvalue weighted by Crippen LogP contribution is 2.25. The number of nitrogens with one attached hydrogen (secondary N) is 1. The van der Waals surface area contributed by atoms with Gasteiger partial charge in [0.2, 0.25) is 0 Å². The molecule has 1 unspecified atom stereocenters. The molecular weight excluding hydrogens is 278 g/mol. The molecule has 0 aliphatic rings. The maximum absolute atomic E-state index is 11.2. The molecule has 0 saturated carbocycles. The van der Waals surface area contributed by atoms with E-state index < -0.39 is 5.97 Å². The number of benzene rings is 1. The summed E-state index contributed by atoms with van der Waals surface area (Å²) < 4.78 is 5.27. The van der Waals surface area contributed by atoms with Crippen molar-refractivity contribution in [3.8, 4) is 0 Å². The van der Waals surface area contributed by atoms with Gasteiger partial charge in [0.25, 0.3) is 0 Å². The minimum Gasteiger partial charge on any atom is -0.478 e. The van der Waals surface area contributed by atoms with E-state index >= 15 is 0 Å². The van der Waals surface area contributed by atoms with Crippen LogP contribution in [0.5, 0.6) is 0 Å². The third-order valence-electron chi connectivity index (χ3n) is 3.03. The molecule has 106 valence electrons.